The first-order chi connectivity index (χ1) is 18.9. The van der Waals surface area contributed by atoms with E-state index in [1.54, 1.807) is 6.20 Å². The van der Waals surface area contributed by atoms with E-state index in [0.29, 0.717) is 19.7 Å². The van der Waals surface area contributed by atoms with Crippen molar-refractivity contribution >= 4 is 25.1 Å². The molecule has 2 aromatic carbocycles. The number of aryl methyl sites for hydroxylation is 1. The van der Waals surface area contributed by atoms with Crippen LogP contribution in [0.3, 0.4) is 0 Å². The molecule has 9 heteroatoms. The number of benzene rings is 2. The molecule has 4 rings (SSSR count). The van der Waals surface area contributed by atoms with Crippen LogP contribution in [0, 0.1) is 6.92 Å². The number of amides is 1. The van der Waals surface area contributed by atoms with Gasteiger partial charge in [0.1, 0.15) is 18.2 Å². The molecule has 4 aromatic rings. The zero-order valence-corrected chi connectivity index (χ0v) is 25.9. The third-order valence-electron chi connectivity index (χ3n) is 6.51. The Morgan fingerprint density at radius 2 is 1.85 bits per heavy atom. The number of imidazole rings is 1. The molecule has 2 aromatic heterocycles. The normalized spacial score (nSPS) is 13.0. The first-order valence-electron chi connectivity index (χ1n) is 14.0. The molecule has 0 bridgehead atoms. The SMILES string of the molecule is Cc1cc(CC(NC(=O)OC(C)(C)C)c2nccn2Cc2ccccc2)cc2cn(COCC[Si](C)(C)C)nc12. The highest BCUT2D eigenvalue weighted by Gasteiger charge is 2.24. The van der Waals surface area contributed by atoms with E-state index in [9.17, 15) is 4.79 Å². The number of nitrogens with zero attached hydrogens (tertiary/aromatic N) is 4. The lowest BCUT2D eigenvalue weighted by Crippen LogP contribution is -2.37. The number of carbonyl (C=O) groups is 1. The van der Waals surface area contributed by atoms with Crippen LogP contribution >= 0.6 is 0 Å². The number of ether oxygens (including phenoxy) is 2. The fourth-order valence-electron chi connectivity index (χ4n) is 4.59. The second-order valence-corrected chi connectivity index (χ2v) is 18.3. The summed E-state index contributed by atoms with van der Waals surface area (Å²) >= 11 is 0. The number of fused-ring (bicyclic) bond motifs is 1. The predicted molar refractivity (Wildman–Crippen MR) is 162 cm³/mol. The first-order valence-corrected chi connectivity index (χ1v) is 17.7. The van der Waals surface area contributed by atoms with E-state index in [1.165, 1.54) is 0 Å². The zero-order valence-electron chi connectivity index (χ0n) is 24.9. The van der Waals surface area contributed by atoms with E-state index in [1.807, 2.05) is 56.0 Å². The van der Waals surface area contributed by atoms with Crippen molar-refractivity contribution in [2.24, 2.45) is 0 Å². The fraction of sp³-hybridized carbons (Fsp3) is 0.452. The van der Waals surface area contributed by atoms with Gasteiger partial charge >= 0.3 is 6.09 Å². The van der Waals surface area contributed by atoms with Crippen molar-refractivity contribution in [2.45, 2.75) is 84.7 Å². The molecule has 214 valence electrons. The molecule has 8 nitrogen and oxygen atoms in total. The van der Waals surface area contributed by atoms with Crippen molar-refractivity contribution in [1.29, 1.82) is 0 Å². The van der Waals surface area contributed by atoms with Gasteiger partial charge in [0.2, 0.25) is 0 Å². The highest BCUT2D eigenvalue weighted by molar-refractivity contribution is 6.76. The van der Waals surface area contributed by atoms with Gasteiger partial charge in [0.25, 0.3) is 0 Å². The molecule has 0 aliphatic heterocycles. The van der Waals surface area contributed by atoms with Gasteiger partial charge in [0.15, 0.2) is 0 Å². The molecule has 1 unspecified atom stereocenters. The van der Waals surface area contributed by atoms with Crippen LogP contribution in [0.25, 0.3) is 10.9 Å². The first kappa shape index (κ1) is 29.5. The third-order valence-corrected chi connectivity index (χ3v) is 8.22. The molecule has 0 fully saturated rings. The average molecular weight is 562 g/mol. The summed E-state index contributed by atoms with van der Waals surface area (Å²) in [7, 11) is -1.13. The Labute approximate surface area is 238 Å². The van der Waals surface area contributed by atoms with Gasteiger partial charge in [0, 0.05) is 51.6 Å². The van der Waals surface area contributed by atoms with Gasteiger partial charge in [-0.05, 0) is 56.5 Å². The van der Waals surface area contributed by atoms with E-state index in [4.69, 9.17) is 14.6 Å². The smallest absolute Gasteiger partial charge is 0.408 e. The third kappa shape index (κ3) is 8.53. The van der Waals surface area contributed by atoms with Gasteiger partial charge in [-0.1, -0.05) is 56.0 Å². The molecule has 1 N–H and O–H groups in total. The summed E-state index contributed by atoms with van der Waals surface area (Å²) in [5.74, 6) is 0.777. The summed E-state index contributed by atoms with van der Waals surface area (Å²) in [5, 5.41) is 8.90. The van der Waals surface area contributed by atoms with Crippen molar-refractivity contribution in [3.8, 4) is 0 Å². The van der Waals surface area contributed by atoms with Crippen molar-refractivity contribution in [1.82, 2.24) is 24.6 Å². The quantitative estimate of drug-likeness (QED) is 0.163. The van der Waals surface area contributed by atoms with Crippen LogP contribution in [0.2, 0.25) is 25.7 Å². The number of alkyl carbamates (subject to hydrolysis) is 1. The monoisotopic (exact) mass is 561 g/mol. The second-order valence-electron chi connectivity index (χ2n) is 12.7. The molecule has 0 aliphatic rings. The highest BCUT2D eigenvalue weighted by Crippen LogP contribution is 2.25. The topological polar surface area (TPSA) is 83.2 Å². The second kappa shape index (κ2) is 12.4. The maximum absolute atomic E-state index is 12.9. The van der Waals surface area contributed by atoms with Crippen LogP contribution in [-0.2, 0) is 29.2 Å². The zero-order chi connectivity index (χ0) is 28.9. The van der Waals surface area contributed by atoms with Gasteiger partial charge in [0.05, 0.1) is 11.6 Å². The molecule has 0 saturated heterocycles. The van der Waals surface area contributed by atoms with E-state index in [-0.39, 0.29) is 6.04 Å². The molecule has 0 spiro atoms. The summed E-state index contributed by atoms with van der Waals surface area (Å²) in [6.07, 6.45) is 5.86. The molecule has 1 atom stereocenters. The van der Waals surface area contributed by atoms with Gasteiger partial charge in [-0.3, -0.25) is 0 Å². The number of hydrogen-bond acceptors (Lipinski definition) is 5. The summed E-state index contributed by atoms with van der Waals surface area (Å²) in [6, 6.07) is 15.3. The minimum absolute atomic E-state index is 0.384. The summed E-state index contributed by atoms with van der Waals surface area (Å²) in [6.45, 7) is 16.6. The predicted octanol–water partition coefficient (Wildman–Crippen LogP) is 6.71. The Hall–Kier alpha value is -3.43. The van der Waals surface area contributed by atoms with Crippen LogP contribution in [0.5, 0.6) is 0 Å². The van der Waals surface area contributed by atoms with Crippen LogP contribution < -0.4 is 5.32 Å². The fourth-order valence-corrected chi connectivity index (χ4v) is 5.35. The minimum atomic E-state index is -1.13. The molecule has 0 radical (unpaired) electrons. The maximum Gasteiger partial charge on any atom is 0.408 e. The van der Waals surface area contributed by atoms with E-state index in [2.05, 4.69) is 65.7 Å². The molecule has 0 saturated carbocycles. The van der Waals surface area contributed by atoms with Crippen LogP contribution in [-0.4, -0.2) is 45.7 Å². The number of carbonyl (C=O) groups excluding carboxylic acids is 1. The van der Waals surface area contributed by atoms with Gasteiger partial charge in [-0.2, -0.15) is 5.10 Å². The molecule has 40 heavy (non-hydrogen) atoms. The summed E-state index contributed by atoms with van der Waals surface area (Å²) < 4.78 is 15.5. The van der Waals surface area contributed by atoms with Gasteiger partial charge < -0.3 is 19.4 Å². The summed E-state index contributed by atoms with van der Waals surface area (Å²) in [4.78, 5) is 17.6. The number of aromatic nitrogens is 4. The van der Waals surface area contributed by atoms with Crippen LogP contribution in [0.15, 0.2) is 61.1 Å². The summed E-state index contributed by atoms with van der Waals surface area (Å²) in [5.41, 5.74) is 3.68. The standard InChI is InChI=1S/C31H43N5O3Si/c1-23-17-25(18-26-21-36(34-28(23)26)22-38-15-16-40(5,6)7)19-27(33-30(37)39-31(2,3)4)29-32-13-14-35(29)20-24-11-9-8-10-12-24/h8-14,17-18,21,27H,15-16,19-20,22H2,1-7H3,(H,33,37). The maximum atomic E-state index is 12.9. The van der Waals surface area contributed by atoms with E-state index < -0.39 is 19.8 Å². The highest BCUT2D eigenvalue weighted by atomic mass is 28.3. The molecular weight excluding hydrogens is 518 g/mol. The molecular formula is C31H43N5O3Si. The molecule has 0 aliphatic carbocycles. The Balaban J connectivity index is 1.57. The Morgan fingerprint density at radius 3 is 2.55 bits per heavy atom. The van der Waals surface area contributed by atoms with Crippen molar-refractivity contribution in [2.75, 3.05) is 6.61 Å². The van der Waals surface area contributed by atoms with E-state index in [0.717, 1.165) is 46.1 Å². The Morgan fingerprint density at radius 1 is 1.10 bits per heavy atom. The number of rotatable bonds is 11. The van der Waals surface area contributed by atoms with Crippen molar-refractivity contribution in [3.05, 3.63) is 83.6 Å². The lowest BCUT2D eigenvalue weighted by atomic mass is 10.0. The molecule has 1 amide bonds. The van der Waals surface area contributed by atoms with Crippen LogP contribution in [0.1, 0.15) is 49.3 Å². The minimum Gasteiger partial charge on any atom is -0.444 e. The number of hydrogen-bond donors (Lipinski definition) is 1. The number of nitrogens with one attached hydrogen (secondary N) is 1. The van der Waals surface area contributed by atoms with Crippen molar-refractivity contribution < 1.29 is 14.3 Å². The average Bonchev–Trinajstić information content (AvgIpc) is 3.47. The largest absolute Gasteiger partial charge is 0.444 e. The lowest BCUT2D eigenvalue weighted by molar-refractivity contribution is 0.0500. The van der Waals surface area contributed by atoms with Gasteiger partial charge in [-0.15, -0.1) is 0 Å². The molecule has 2 heterocycles. The Kier molecular flexibility index (Phi) is 9.15. The lowest BCUT2D eigenvalue weighted by Gasteiger charge is -2.24. The van der Waals surface area contributed by atoms with Gasteiger partial charge in [-0.25, -0.2) is 14.5 Å². The van der Waals surface area contributed by atoms with Crippen LogP contribution in [0.4, 0.5) is 4.79 Å². The van der Waals surface area contributed by atoms with E-state index >= 15 is 0 Å². The van der Waals surface area contributed by atoms with Crippen molar-refractivity contribution in [3.63, 3.8) is 0 Å². The Bertz CT molecular complexity index is 1420.